The summed E-state index contributed by atoms with van der Waals surface area (Å²) >= 11 is 0. The van der Waals surface area contributed by atoms with E-state index in [1.165, 1.54) is 10.8 Å². The number of carbonyl (C=O) groups excluding carboxylic acids is 2. The number of amides is 2. The minimum atomic E-state index is -0.402. The largest absolute Gasteiger partial charge is 0.347 e. The fourth-order valence-electron chi connectivity index (χ4n) is 4.23. The van der Waals surface area contributed by atoms with Gasteiger partial charge in [-0.2, -0.15) is 0 Å². The van der Waals surface area contributed by atoms with Crippen molar-refractivity contribution in [2.45, 2.75) is 52.5 Å². The van der Waals surface area contributed by atoms with E-state index in [0.717, 1.165) is 45.3 Å². The molecule has 2 fully saturated rings. The van der Waals surface area contributed by atoms with E-state index in [0.29, 0.717) is 18.9 Å². The monoisotopic (exact) mass is 374 g/mol. The SMILES string of the molecule is CC(C)CCN1C[C@]2(CCCN(C(=O)Cn3cccnc3=O)C2)CCC1=O. The zero-order chi connectivity index (χ0) is 19.4. The van der Waals surface area contributed by atoms with Crippen LogP contribution in [0.5, 0.6) is 0 Å². The van der Waals surface area contributed by atoms with E-state index in [-0.39, 0.29) is 23.8 Å². The van der Waals surface area contributed by atoms with Crippen LogP contribution in [-0.4, -0.2) is 57.3 Å². The molecule has 2 aliphatic heterocycles. The Morgan fingerprint density at radius 3 is 2.81 bits per heavy atom. The Hall–Kier alpha value is -2.18. The molecule has 0 N–H and O–H groups in total. The first-order valence-electron chi connectivity index (χ1n) is 9.96. The van der Waals surface area contributed by atoms with Gasteiger partial charge in [0.05, 0.1) is 0 Å². The fraction of sp³-hybridized carbons (Fsp3) is 0.700. The number of hydrogen-bond donors (Lipinski definition) is 0. The summed E-state index contributed by atoms with van der Waals surface area (Å²) in [5, 5.41) is 0. The van der Waals surface area contributed by atoms with Crippen molar-refractivity contribution in [3.05, 3.63) is 28.9 Å². The summed E-state index contributed by atoms with van der Waals surface area (Å²) < 4.78 is 1.35. The van der Waals surface area contributed by atoms with E-state index >= 15 is 0 Å². The van der Waals surface area contributed by atoms with Gasteiger partial charge in [0, 0.05) is 50.4 Å². The van der Waals surface area contributed by atoms with Crippen molar-refractivity contribution in [1.29, 1.82) is 0 Å². The molecule has 1 atom stereocenters. The molecule has 0 unspecified atom stereocenters. The number of hydrogen-bond acceptors (Lipinski definition) is 4. The predicted octanol–water partition coefficient (Wildman–Crippen LogP) is 1.52. The van der Waals surface area contributed by atoms with Crippen molar-refractivity contribution < 1.29 is 9.59 Å². The van der Waals surface area contributed by atoms with Crippen LogP contribution in [0.15, 0.2) is 23.3 Å². The van der Waals surface area contributed by atoms with Gasteiger partial charge >= 0.3 is 5.69 Å². The smallest absolute Gasteiger partial charge is 0.342 e. The molecule has 3 heterocycles. The Kier molecular flexibility index (Phi) is 5.97. The van der Waals surface area contributed by atoms with Gasteiger partial charge in [0.25, 0.3) is 0 Å². The molecule has 1 aromatic heterocycles. The molecule has 1 spiro atoms. The van der Waals surface area contributed by atoms with Crippen molar-refractivity contribution >= 4 is 11.8 Å². The lowest BCUT2D eigenvalue weighted by Gasteiger charge is -2.48. The number of likely N-dealkylation sites (tertiary alicyclic amines) is 2. The highest BCUT2D eigenvalue weighted by atomic mass is 16.2. The lowest BCUT2D eigenvalue weighted by atomic mass is 9.73. The molecule has 2 aliphatic rings. The van der Waals surface area contributed by atoms with E-state index in [9.17, 15) is 14.4 Å². The van der Waals surface area contributed by atoms with E-state index in [2.05, 4.69) is 18.8 Å². The van der Waals surface area contributed by atoms with Crippen molar-refractivity contribution in [1.82, 2.24) is 19.4 Å². The van der Waals surface area contributed by atoms with Crippen LogP contribution in [0.2, 0.25) is 0 Å². The third kappa shape index (κ3) is 4.76. The molecule has 0 radical (unpaired) electrons. The van der Waals surface area contributed by atoms with E-state index in [4.69, 9.17) is 0 Å². The molecule has 0 saturated carbocycles. The second kappa shape index (κ2) is 8.23. The van der Waals surface area contributed by atoms with Crippen molar-refractivity contribution in [3.63, 3.8) is 0 Å². The molecule has 2 amide bonds. The molecular formula is C20H30N4O3. The van der Waals surface area contributed by atoms with Crippen LogP contribution < -0.4 is 5.69 Å². The lowest BCUT2D eigenvalue weighted by Crippen LogP contribution is -2.55. The molecule has 7 nitrogen and oxygen atoms in total. The molecule has 2 saturated heterocycles. The summed E-state index contributed by atoms with van der Waals surface area (Å²) in [6.07, 6.45) is 7.45. The molecular weight excluding hydrogens is 344 g/mol. The zero-order valence-electron chi connectivity index (χ0n) is 16.4. The van der Waals surface area contributed by atoms with Gasteiger partial charge in [-0.15, -0.1) is 0 Å². The summed E-state index contributed by atoms with van der Waals surface area (Å²) in [4.78, 5) is 44.5. The average molecular weight is 374 g/mol. The number of piperidine rings is 2. The highest BCUT2D eigenvalue weighted by molar-refractivity contribution is 5.78. The molecule has 0 aliphatic carbocycles. The predicted molar refractivity (Wildman–Crippen MR) is 102 cm³/mol. The molecule has 0 aromatic carbocycles. The number of nitrogens with zero attached hydrogens (tertiary/aromatic N) is 4. The zero-order valence-corrected chi connectivity index (χ0v) is 16.4. The first-order chi connectivity index (χ1) is 12.9. The van der Waals surface area contributed by atoms with Crippen LogP contribution in [-0.2, 0) is 16.1 Å². The molecule has 148 valence electrons. The minimum Gasteiger partial charge on any atom is -0.342 e. The average Bonchev–Trinajstić information content (AvgIpc) is 2.64. The highest BCUT2D eigenvalue weighted by Gasteiger charge is 2.42. The Balaban J connectivity index is 1.65. The van der Waals surface area contributed by atoms with Crippen LogP contribution in [0.3, 0.4) is 0 Å². The van der Waals surface area contributed by atoms with Gasteiger partial charge in [-0.05, 0) is 37.7 Å². The standard InChI is InChI=1S/C20H30N4O3/c1-16(2)6-12-24-15-20(8-5-17(24)25)7-3-10-23(14-20)18(26)13-22-11-4-9-21-19(22)27/h4,9,11,16H,3,5-8,10,12-15H2,1-2H3/t20-/m1/s1. The third-order valence-corrected chi connectivity index (χ3v) is 5.83. The van der Waals surface area contributed by atoms with Crippen LogP contribution in [0.4, 0.5) is 0 Å². The third-order valence-electron chi connectivity index (χ3n) is 5.83. The van der Waals surface area contributed by atoms with Crippen LogP contribution in [0.1, 0.15) is 46.0 Å². The van der Waals surface area contributed by atoms with Gasteiger partial charge in [-0.1, -0.05) is 13.8 Å². The Labute approximate surface area is 160 Å². The maximum Gasteiger partial charge on any atom is 0.347 e. The van der Waals surface area contributed by atoms with Gasteiger partial charge in [0.2, 0.25) is 11.8 Å². The summed E-state index contributed by atoms with van der Waals surface area (Å²) in [7, 11) is 0. The van der Waals surface area contributed by atoms with Crippen molar-refractivity contribution in [2.24, 2.45) is 11.3 Å². The van der Waals surface area contributed by atoms with E-state index in [1.807, 2.05) is 9.80 Å². The maximum absolute atomic E-state index is 12.8. The van der Waals surface area contributed by atoms with E-state index in [1.54, 1.807) is 12.3 Å². The number of aromatic nitrogens is 2. The fourth-order valence-corrected chi connectivity index (χ4v) is 4.23. The van der Waals surface area contributed by atoms with Crippen LogP contribution in [0, 0.1) is 11.3 Å². The first kappa shape index (κ1) is 19.6. The van der Waals surface area contributed by atoms with Crippen LogP contribution in [0.25, 0.3) is 0 Å². The molecule has 1 aromatic rings. The Morgan fingerprint density at radius 1 is 1.26 bits per heavy atom. The molecule has 3 rings (SSSR count). The van der Waals surface area contributed by atoms with Gasteiger partial charge in [0.1, 0.15) is 6.54 Å². The Bertz CT molecular complexity index is 745. The van der Waals surface area contributed by atoms with Gasteiger partial charge in [0.15, 0.2) is 0 Å². The normalized spacial score (nSPS) is 23.3. The highest BCUT2D eigenvalue weighted by Crippen LogP contribution is 2.39. The second-order valence-corrected chi connectivity index (χ2v) is 8.45. The lowest BCUT2D eigenvalue weighted by molar-refractivity contribution is -0.143. The van der Waals surface area contributed by atoms with Crippen molar-refractivity contribution in [2.75, 3.05) is 26.2 Å². The summed E-state index contributed by atoms with van der Waals surface area (Å²) in [5.74, 6) is 0.763. The first-order valence-corrected chi connectivity index (χ1v) is 9.96. The number of rotatable bonds is 5. The molecule has 0 bridgehead atoms. The van der Waals surface area contributed by atoms with Gasteiger partial charge in [-0.3, -0.25) is 14.2 Å². The van der Waals surface area contributed by atoms with Gasteiger partial charge in [-0.25, -0.2) is 9.78 Å². The molecule has 27 heavy (non-hydrogen) atoms. The summed E-state index contributed by atoms with van der Waals surface area (Å²) in [5.41, 5.74) is -0.403. The quantitative estimate of drug-likeness (QED) is 0.783. The summed E-state index contributed by atoms with van der Waals surface area (Å²) in [6, 6.07) is 1.66. The topological polar surface area (TPSA) is 75.5 Å². The van der Waals surface area contributed by atoms with Crippen molar-refractivity contribution in [3.8, 4) is 0 Å². The summed E-state index contributed by atoms with van der Waals surface area (Å²) in [6.45, 7) is 7.31. The van der Waals surface area contributed by atoms with Gasteiger partial charge < -0.3 is 9.80 Å². The van der Waals surface area contributed by atoms with E-state index < -0.39 is 5.69 Å². The van der Waals surface area contributed by atoms with Crippen LogP contribution >= 0.6 is 0 Å². The Morgan fingerprint density at radius 2 is 2.07 bits per heavy atom. The number of carbonyl (C=O) groups is 2. The molecule has 7 heteroatoms. The minimum absolute atomic E-state index is 0.00129. The maximum atomic E-state index is 12.8. The second-order valence-electron chi connectivity index (χ2n) is 8.45.